The molecule has 2 aromatic rings. The van der Waals surface area contributed by atoms with Crippen LogP contribution in [0.5, 0.6) is 11.5 Å². The van der Waals surface area contributed by atoms with E-state index in [1.807, 2.05) is 11.0 Å². The average Bonchev–Trinajstić information content (AvgIpc) is 3.28. The van der Waals surface area contributed by atoms with Gasteiger partial charge in [-0.3, -0.25) is 14.9 Å². The molecule has 2 aromatic carbocycles. The summed E-state index contributed by atoms with van der Waals surface area (Å²) in [5.41, 5.74) is 1.70. The summed E-state index contributed by atoms with van der Waals surface area (Å²) in [6, 6.07) is 8.29. The second-order valence-electron chi connectivity index (χ2n) is 7.26. The number of hydrogen-bond acceptors (Lipinski definition) is 6. The number of hydrogen-bond donors (Lipinski definition) is 1. The Morgan fingerprint density at radius 3 is 2.70 bits per heavy atom. The first kappa shape index (κ1) is 20.3. The highest BCUT2D eigenvalue weighted by Gasteiger charge is 2.24. The van der Waals surface area contributed by atoms with E-state index in [9.17, 15) is 14.9 Å². The van der Waals surface area contributed by atoms with Gasteiger partial charge in [0.25, 0.3) is 11.6 Å². The average molecular weight is 432 g/mol. The van der Waals surface area contributed by atoms with Crippen molar-refractivity contribution in [2.45, 2.75) is 19.3 Å². The summed E-state index contributed by atoms with van der Waals surface area (Å²) in [6.45, 7) is 2.88. The van der Waals surface area contributed by atoms with Gasteiger partial charge in [-0.25, -0.2) is 0 Å². The van der Waals surface area contributed by atoms with E-state index < -0.39 is 4.92 Å². The van der Waals surface area contributed by atoms with Crippen LogP contribution in [-0.2, 0) is 6.42 Å². The number of amides is 1. The molecular weight excluding hydrogens is 410 g/mol. The SMILES string of the molecule is O=C(NCCc1cc(Cl)c2c(c1)OCCO2)c1ccc(N2CCCC2)c([N+](=O)[O-])c1. The van der Waals surface area contributed by atoms with Crippen LogP contribution in [0.15, 0.2) is 30.3 Å². The zero-order chi connectivity index (χ0) is 21.1. The molecule has 0 spiro atoms. The van der Waals surface area contributed by atoms with Crippen LogP contribution in [-0.4, -0.2) is 43.7 Å². The van der Waals surface area contributed by atoms with Crippen molar-refractivity contribution in [2.24, 2.45) is 0 Å². The number of ether oxygens (including phenoxy) is 2. The van der Waals surface area contributed by atoms with Gasteiger partial charge in [-0.05, 0) is 49.1 Å². The predicted molar refractivity (Wildman–Crippen MR) is 113 cm³/mol. The normalized spacial score (nSPS) is 15.2. The van der Waals surface area contributed by atoms with Gasteiger partial charge >= 0.3 is 0 Å². The molecule has 0 radical (unpaired) electrons. The van der Waals surface area contributed by atoms with E-state index in [4.69, 9.17) is 21.1 Å². The van der Waals surface area contributed by atoms with Gasteiger partial charge in [0.15, 0.2) is 11.5 Å². The molecule has 1 N–H and O–H groups in total. The predicted octanol–water partition coefficient (Wildman–Crippen LogP) is 3.59. The van der Waals surface area contributed by atoms with Gasteiger partial charge in [-0.1, -0.05) is 11.6 Å². The second kappa shape index (κ2) is 8.79. The van der Waals surface area contributed by atoms with Crippen molar-refractivity contribution in [3.8, 4) is 11.5 Å². The lowest BCUT2D eigenvalue weighted by Crippen LogP contribution is -2.26. The molecule has 0 unspecified atom stereocenters. The highest BCUT2D eigenvalue weighted by atomic mass is 35.5. The maximum Gasteiger partial charge on any atom is 0.293 e. The highest BCUT2D eigenvalue weighted by molar-refractivity contribution is 6.32. The minimum Gasteiger partial charge on any atom is -0.486 e. The summed E-state index contributed by atoms with van der Waals surface area (Å²) < 4.78 is 11.1. The lowest BCUT2D eigenvalue weighted by molar-refractivity contribution is -0.384. The summed E-state index contributed by atoms with van der Waals surface area (Å²) >= 11 is 6.24. The van der Waals surface area contributed by atoms with Crippen molar-refractivity contribution in [3.05, 3.63) is 56.6 Å². The topological polar surface area (TPSA) is 93.9 Å². The molecule has 0 bridgehead atoms. The van der Waals surface area contributed by atoms with Gasteiger partial charge in [0.05, 0.1) is 9.95 Å². The second-order valence-corrected chi connectivity index (χ2v) is 7.67. The summed E-state index contributed by atoms with van der Waals surface area (Å²) in [7, 11) is 0. The number of carbonyl (C=O) groups excluding carboxylic acids is 1. The number of nitro groups is 1. The summed E-state index contributed by atoms with van der Waals surface area (Å²) in [5, 5.41) is 14.8. The van der Waals surface area contributed by atoms with Crippen LogP contribution < -0.4 is 19.7 Å². The molecule has 2 aliphatic heterocycles. The molecule has 0 aliphatic carbocycles. The Morgan fingerprint density at radius 2 is 1.93 bits per heavy atom. The van der Waals surface area contributed by atoms with Gasteiger partial charge in [-0.2, -0.15) is 0 Å². The molecule has 158 valence electrons. The van der Waals surface area contributed by atoms with E-state index in [1.54, 1.807) is 18.2 Å². The monoisotopic (exact) mass is 431 g/mol. The van der Waals surface area contributed by atoms with Gasteiger partial charge in [0.2, 0.25) is 0 Å². The molecule has 1 saturated heterocycles. The lowest BCUT2D eigenvalue weighted by atomic mass is 10.1. The number of nitrogens with one attached hydrogen (secondary N) is 1. The van der Waals surface area contributed by atoms with Crippen LogP contribution in [0.2, 0.25) is 5.02 Å². The molecule has 2 heterocycles. The van der Waals surface area contributed by atoms with Crippen molar-refractivity contribution in [1.29, 1.82) is 0 Å². The zero-order valence-electron chi connectivity index (χ0n) is 16.4. The highest BCUT2D eigenvalue weighted by Crippen LogP contribution is 2.38. The van der Waals surface area contributed by atoms with Crippen molar-refractivity contribution >= 4 is 28.9 Å². The Labute approximate surface area is 178 Å². The van der Waals surface area contributed by atoms with E-state index in [2.05, 4.69) is 5.32 Å². The molecule has 1 fully saturated rings. The first-order valence-corrected chi connectivity index (χ1v) is 10.3. The summed E-state index contributed by atoms with van der Waals surface area (Å²) in [5.74, 6) is 0.791. The lowest BCUT2D eigenvalue weighted by Gasteiger charge is -2.20. The minimum absolute atomic E-state index is 0.0387. The Bertz CT molecular complexity index is 975. The number of benzene rings is 2. The molecule has 2 aliphatic rings. The molecule has 8 nitrogen and oxygen atoms in total. The van der Waals surface area contributed by atoms with Gasteiger partial charge in [-0.15, -0.1) is 0 Å². The van der Waals surface area contributed by atoms with Crippen molar-refractivity contribution in [1.82, 2.24) is 5.32 Å². The summed E-state index contributed by atoms with van der Waals surface area (Å²) in [6.07, 6.45) is 2.57. The Morgan fingerprint density at radius 1 is 1.17 bits per heavy atom. The number of fused-ring (bicyclic) bond motifs is 1. The molecule has 1 amide bonds. The van der Waals surface area contributed by atoms with Gasteiger partial charge < -0.3 is 19.7 Å². The van der Waals surface area contributed by atoms with Crippen molar-refractivity contribution in [3.63, 3.8) is 0 Å². The fraction of sp³-hybridized carbons (Fsp3) is 0.381. The number of anilines is 1. The van der Waals surface area contributed by atoms with Crippen LogP contribution in [0.1, 0.15) is 28.8 Å². The molecule has 9 heteroatoms. The maximum atomic E-state index is 12.5. The van der Waals surface area contributed by atoms with E-state index in [0.717, 1.165) is 31.5 Å². The number of halogens is 1. The maximum absolute atomic E-state index is 12.5. The third-order valence-corrected chi connectivity index (χ3v) is 5.52. The number of nitrogens with zero attached hydrogens (tertiary/aromatic N) is 2. The Kier molecular flexibility index (Phi) is 5.94. The Balaban J connectivity index is 1.41. The van der Waals surface area contributed by atoms with Crippen LogP contribution in [0.25, 0.3) is 0 Å². The smallest absolute Gasteiger partial charge is 0.293 e. The zero-order valence-corrected chi connectivity index (χ0v) is 17.1. The van der Waals surface area contributed by atoms with Crippen molar-refractivity contribution < 1.29 is 19.2 Å². The minimum atomic E-state index is -0.429. The first-order chi connectivity index (χ1) is 14.5. The van der Waals surface area contributed by atoms with E-state index in [0.29, 0.717) is 48.4 Å². The van der Waals surface area contributed by atoms with Crippen LogP contribution >= 0.6 is 11.6 Å². The quantitative estimate of drug-likeness (QED) is 0.554. The van der Waals surface area contributed by atoms with Gasteiger partial charge in [0.1, 0.15) is 18.9 Å². The number of rotatable bonds is 6. The Hall–Kier alpha value is -3.00. The van der Waals surface area contributed by atoms with Crippen LogP contribution in [0, 0.1) is 10.1 Å². The standard InChI is InChI=1S/C21H22ClN3O5/c22-16-11-14(12-19-20(16)30-10-9-29-19)5-6-23-21(26)15-3-4-17(18(13-15)25(27)28)24-7-1-2-8-24/h3-4,11-13H,1-2,5-10H2,(H,23,26). The van der Waals surface area contributed by atoms with Crippen LogP contribution in [0.4, 0.5) is 11.4 Å². The first-order valence-electron chi connectivity index (χ1n) is 9.92. The third-order valence-electron chi connectivity index (χ3n) is 5.24. The molecular formula is C21H22ClN3O5. The van der Waals surface area contributed by atoms with E-state index >= 15 is 0 Å². The fourth-order valence-electron chi connectivity index (χ4n) is 3.77. The molecule has 30 heavy (non-hydrogen) atoms. The molecule has 0 aromatic heterocycles. The molecule has 0 saturated carbocycles. The van der Waals surface area contributed by atoms with E-state index in [-0.39, 0.29) is 17.2 Å². The van der Waals surface area contributed by atoms with E-state index in [1.165, 1.54) is 6.07 Å². The van der Waals surface area contributed by atoms with Gasteiger partial charge in [0, 0.05) is 31.3 Å². The fourth-order valence-corrected chi connectivity index (χ4v) is 4.06. The van der Waals surface area contributed by atoms with Crippen molar-refractivity contribution in [2.75, 3.05) is 37.7 Å². The number of nitro benzene ring substituents is 1. The molecule has 0 atom stereocenters. The largest absolute Gasteiger partial charge is 0.486 e. The third kappa shape index (κ3) is 4.28. The number of carbonyl (C=O) groups is 1. The summed E-state index contributed by atoms with van der Waals surface area (Å²) in [4.78, 5) is 25.6. The van der Waals surface area contributed by atoms with Crippen LogP contribution in [0.3, 0.4) is 0 Å². The molecule has 4 rings (SSSR count).